The van der Waals surface area contributed by atoms with Crippen molar-refractivity contribution in [2.45, 2.75) is 32.8 Å². The molecular formula is C25H25ClN2O2. The molecule has 0 fully saturated rings. The van der Waals surface area contributed by atoms with Crippen molar-refractivity contribution in [1.82, 2.24) is 5.43 Å². The maximum absolute atomic E-state index is 12.2. The third-order valence-electron chi connectivity index (χ3n) is 4.59. The molecule has 3 rings (SSSR count). The zero-order valence-corrected chi connectivity index (χ0v) is 18.1. The Bertz CT molecular complexity index is 1000. The molecule has 0 heterocycles. The minimum atomic E-state index is -0.241. The van der Waals surface area contributed by atoms with Gasteiger partial charge in [-0.2, -0.15) is 5.10 Å². The second kappa shape index (κ2) is 9.59. The lowest BCUT2D eigenvalue weighted by molar-refractivity contribution is 0.0955. The number of nitrogens with one attached hydrogen (secondary N) is 1. The fraction of sp³-hybridized carbons (Fsp3) is 0.200. The van der Waals surface area contributed by atoms with E-state index in [1.807, 2.05) is 72.8 Å². The van der Waals surface area contributed by atoms with E-state index in [2.05, 4.69) is 31.3 Å². The molecule has 0 bridgehead atoms. The van der Waals surface area contributed by atoms with Crippen molar-refractivity contribution >= 4 is 23.7 Å². The summed E-state index contributed by atoms with van der Waals surface area (Å²) < 4.78 is 5.76. The summed E-state index contributed by atoms with van der Waals surface area (Å²) in [4.78, 5) is 12.2. The Labute approximate surface area is 182 Å². The van der Waals surface area contributed by atoms with Crippen molar-refractivity contribution in [3.05, 3.63) is 100 Å². The number of hydrogen-bond acceptors (Lipinski definition) is 3. The molecule has 0 aliphatic carbocycles. The molecule has 0 unspecified atom stereocenters. The largest absolute Gasteiger partial charge is 0.489 e. The highest BCUT2D eigenvalue weighted by atomic mass is 35.5. The second-order valence-corrected chi connectivity index (χ2v) is 8.45. The summed E-state index contributed by atoms with van der Waals surface area (Å²) in [6.07, 6.45) is 1.60. The number of ether oxygens (including phenoxy) is 1. The Kier molecular flexibility index (Phi) is 6.91. The van der Waals surface area contributed by atoms with Crippen LogP contribution >= 0.6 is 11.6 Å². The number of halogens is 1. The summed E-state index contributed by atoms with van der Waals surface area (Å²) in [5, 5.41) is 4.75. The fourth-order valence-electron chi connectivity index (χ4n) is 2.75. The van der Waals surface area contributed by atoms with Gasteiger partial charge >= 0.3 is 0 Å². The molecule has 0 spiro atoms. The molecule has 1 N–H and O–H groups in total. The molecule has 3 aromatic carbocycles. The van der Waals surface area contributed by atoms with Crippen molar-refractivity contribution in [1.29, 1.82) is 0 Å². The Morgan fingerprint density at radius 2 is 1.60 bits per heavy atom. The molecular weight excluding hydrogens is 396 g/mol. The molecule has 0 radical (unpaired) electrons. The van der Waals surface area contributed by atoms with Gasteiger partial charge in [0.2, 0.25) is 0 Å². The number of benzene rings is 3. The average Bonchev–Trinajstić information content (AvgIpc) is 2.74. The number of amides is 1. The number of nitrogens with zero attached hydrogens (tertiary/aromatic N) is 1. The van der Waals surface area contributed by atoms with E-state index < -0.39 is 0 Å². The maximum atomic E-state index is 12.2. The molecule has 0 saturated heterocycles. The van der Waals surface area contributed by atoms with Crippen LogP contribution in [0.1, 0.15) is 47.8 Å². The van der Waals surface area contributed by atoms with E-state index in [1.54, 1.807) is 6.21 Å². The van der Waals surface area contributed by atoms with Crippen LogP contribution in [0, 0.1) is 0 Å². The van der Waals surface area contributed by atoms with Gasteiger partial charge in [0, 0.05) is 10.6 Å². The number of carbonyl (C=O) groups is 1. The van der Waals surface area contributed by atoms with E-state index in [4.69, 9.17) is 16.3 Å². The van der Waals surface area contributed by atoms with Gasteiger partial charge < -0.3 is 4.74 Å². The lowest BCUT2D eigenvalue weighted by atomic mass is 9.87. The molecule has 4 nitrogen and oxygen atoms in total. The van der Waals surface area contributed by atoms with E-state index in [9.17, 15) is 4.79 Å². The van der Waals surface area contributed by atoms with Gasteiger partial charge in [-0.3, -0.25) is 4.79 Å². The van der Waals surface area contributed by atoms with Gasteiger partial charge in [-0.1, -0.05) is 56.6 Å². The van der Waals surface area contributed by atoms with Crippen LogP contribution in [0.15, 0.2) is 77.9 Å². The molecule has 0 atom stereocenters. The van der Waals surface area contributed by atoms with Gasteiger partial charge in [0.15, 0.2) is 0 Å². The standard InChI is InChI=1S/C25H25ClN2O2/c1-25(2,3)21-10-8-20(9-11-21)24(29)28-27-16-18-6-14-23(15-7-18)30-17-19-4-12-22(26)13-5-19/h4-16H,17H2,1-3H3,(H,28,29)/b27-16-. The molecule has 0 aromatic heterocycles. The minimum Gasteiger partial charge on any atom is -0.489 e. The third-order valence-corrected chi connectivity index (χ3v) is 4.84. The van der Waals surface area contributed by atoms with Gasteiger partial charge in [-0.15, -0.1) is 0 Å². The smallest absolute Gasteiger partial charge is 0.271 e. The molecule has 3 aromatic rings. The first kappa shape index (κ1) is 21.6. The predicted molar refractivity (Wildman–Crippen MR) is 122 cm³/mol. The molecule has 154 valence electrons. The van der Waals surface area contributed by atoms with Crippen LogP contribution in [0.25, 0.3) is 0 Å². The first-order chi connectivity index (χ1) is 14.3. The van der Waals surface area contributed by atoms with Gasteiger partial charge in [0.1, 0.15) is 12.4 Å². The van der Waals surface area contributed by atoms with Crippen molar-refractivity contribution in [3.8, 4) is 5.75 Å². The number of carbonyl (C=O) groups excluding carboxylic acids is 1. The van der Waals surface area contributed by atoms with E-state index in [1.165, 1.54) is 5.56 Å². The van der Waals surface area contributed by atoms with E-state index >= 15 is 0 Å². The zero-order valence-electron chi connectivity index (χ0n) is 17.4. The Morgan fingerprint density at radius 3 is 2.20 bits per heavy atom. The number of hydrogen-bond donors (Lipinski definition) is 1. The lowest BCUT2D eigenvalue weighted by Gasteiger charge is -2.18. The average molecular weight is 421 g/mol. The van der Waals surface area contributed by atoms with Crippen LogP contribution in [0.2, 0.25) is 5.02 Å². The summed E-state index contributed by atoms with van der Waals surface area (Å²) in [7, 11) is 0. The van der Waals surface area contributed by atoms with E-state index in [-0.39, 0.29) is 11.3 Å². The van der Waals surface area contributed by atoms with Gasteiger partial charge in [-0.25, -0.2) is 5.43 Å². The molecule has 1 amide bonds. The normalized spacial score (nSPS) is 11.5. The first-order valence-electron chi connectivity index (χ1n) is 9.72. The summed E-state index contributed by atoms with van der Waals surface area (Å²) >= 11 is 5.89. The van der Waals surface area contributed by atoms with Crippen molar-refractivity contribution in [2.75, 3.05) is 0 Å². The Balaban J connectivity index is 1.51. The predicted octanol–water partition coefficient (Wildman–Crippen LogP) is 5.98. The summed E-state index contributed by atoms with van der Waals surface area (Å²) in [5.74, 6) is 0.514. The Hall–Kier alpha value is -3.11. The first-order valence-corrected chi connectivity index (χ1v) is 10.1. The van der Waals surface area contributed by atoms with Crippen LogP contribution in [-0.2, 0) is 12.0 Å². The van der Waals surface area contributed by atoms with Crippen LogP contribution < -0.4 is 10.2 Å². The molecule has 0 aliphatic rings. The highest BCUT2D eigenvalue weighted by molar-refractivity contribution is 6.30. The number of rotatable bonds is 6. The van der Waals surface area contributed by atoms with Crippen molar-refractivity contribution < 1.29 is 9.53 Å². The highest BCUT2D eigenvalue weighted by Crippen LogP contribution is 2.22. The molecule has 0 saturated carbocycles. The van der Waals surface area contributed by atoms with Gasteiger partial charge in [-0.05, 0) is 70.6 Å². The quantitative estimate of drug-likeness (QED) is 0.394. The van der Waals surface area contributed by atoms with Crippen molar-refractivity contribution in [3.63, 3.8) is 0 Å². The van der Waals surface area contributed by atoms with Crippen LogP contribution in [0.5, 0.6) is 5.75 Å². The van der Waals surface area contributed by atoms with E-state index in [0.29, 0.717) is 17.2 Å². The minimum absolute atomic E-state index is 0.0534. The highest BCUT2D eigenvalue weighted by Gasteiger charge is 2.14. The summed E-state index contributed by atoms with van der Waals surface area (Å²) in [6, 6.07) is 22.6. The Morgan fingerprint density at radius 1 is 0.967 bits per heavy atom. The van der Waals surface area contributed by atoms with Gasteiger partial charge in [0.25, 0.3) is 5.91 Å². The number of hydrazone groups is 1. The summed E-state index contributed by atoms with van der Waals surface area (Å²) in [6.45, 7) is 6.88. The summed E-state index contributed by atoms with van der Waals surface area (Å²) in [5.41, 5.74) is 6.27. The van der Waals surface area contributed by atoms with Gasteiger partial charge in [0.05, 0.1) is 6.21 Å². The van der Waals surface area contributed by atoms with Crippen LogP contribution in [0.4, 0.5) is 0 Å². The maximum Gasteiger partial charge on any atom is 0.271 e. The second-order valence-electron chi connectivity index (χ2n) is 8.01. The van der Waals surface area contributed by atoms with E-state index in [0.717, 1.165) is 16.9 Å². The third kappa shape index (κ3) is 6.19. The topological polar surface area (TPSA) is 50.7 Å². The van der Waals surface area contributed by atoms with Crippen LogP contribution in [-0.4, -0.2) is 12.1 Å². The van der Waals surface area contributed by atoms with Crippen molar-refractivity contribution in [2.24, 2.45) is 5.10 Å². The SMILES string of the molecule is CC(C)(C)c1ccc(C(=O)N/N=C\c2ccc(OCc3ccc(Cl)cc3)cc2)cc1. The fourth-order valence-corrected chi connectivity index (χ4v) is 2.87. The van der Waals surface area contributed by atoms with Crippen LogP contribution in [0.3, 0.4) is 0 Å². The lowest BCUT2D eigenvalue weighted by Crippen LogP contribution is -2.18. The zero-order chi connectivity index (χ0) is 21.6. The molecule has 0 aliphatic heterocycles. The molecule has 30 heavy (non-hydrogen) atoms. The molecule has 5 heteroatoms. The monoisotopic (exact) mass is 420 g/mol.